The number of nitrogens with zero attached hydrogens (tertiary/aromatic N) is 2. The van der Waals surface area contributed by atoms with Crippen LogP contribution in [0.2, 0.25) is 5.02 Å². The van der Waals surface area contributed by atoms with Gasteiger partial charge < -0.3 is 19.7 Å². The predicted octanol–water partition coefficient (Wildman–Crippen LogP) is 5.36. The van der Waals surface area contributed by atoms with Gasteiger partial charge in [0.1, 0.15) is 25.8 Å². The van der Waals surface area contributed by atoms with Crippen LogP contribution in [0, 0.1) is 0 Å². The Hall–Kier alpha value is -3.76. The Morgan fingerprint density at radius 2 is 1.60 bits per heavy atom. The Morgan fingerprint density at radius 3 is 2.29 bits per heavy atom. The molecule has 0 aromatic heterocycles. The van der Waals surface area contributed by atoms with Gasteiger partial charge in [0, 0.05) is 30.1 Å². The van der Waals surface area contributed by atoms with Crippen molar-refractivity contribution in [2.75, 3.05) is 29.8 Å². The third kappa shape index (κ3) is 8.49. The molecule has 0 spiro atoms. The molecule has 3 aromatic rings. The average molecular weight is 654 g/mol. The summed E-state index contributed by atoms with van der Waals surface area (Å²) in [5.41, 5.74) is 1.94. The maximum Gasteiger partial charge on any atom is 0.244 e. The van der Waals surface area contributed by atoms with E-state index in [1.54, 1.807) is 30.3 Å². The predicted molar refractivity (Wildman–Crippen MR) is 175 cm³/mol. The summed E-state index contributed by atoms with van der Waals surface area (Å²) >= 11 is 6.16. The van der Waals surface area contributed by atoms with Gasteiger partial charge in [0.15, 0.2) is 11.5 Å². The van der Waals surface area contributed by atoms with Crippen LogP contribution in [0.15, 0.2) is 72.8 Å². The third-order valence-corrected chi connectivity index (χ3v) is 10.3. The summed E-state index contributed by atoms with van der Waals surface area (Å²) in [6.45, 7) is 1.86. The van der Waals surface area contributed by atoms with E-state index in [4.69, 9.17) is 21.1 Å². The number of benzene rings is 3. The summed E-state index contributed by atoms with van der Waals surface area (Å²) in [7, 11) is -3.90. The van der Waals surface area contributed by atoms with Crippen molar-refractivity contribution >= 4 is 39.1 Å². The topological polar surface area (TPSA) is 105 Å². The fraction of sp³-hybridized carbons (Fsp3) is 0.412. The minimum absolute atomic E-state index is 0.0340. The van der Waals surface area contributed by atoms with E-state index in [0.29, 0.717) is 29.7 Å². The summed E-state index contributed by atoms with van der Waals surface area (Å²) in [5, 5.41) is 3.76. The Kier molecular flexibility index (Phi) is 10.9. The van der Waals surface area contributed by atoms with E-state index < -0.39 is 28.5 Å². The zero-order chi connectivity index (χ0) is 31.8. The largest absolute Gasteiger partial charge is 0.486 e. The molecule has 45 heavy (non-hydrogen) atoms. The smallest absolute Gasteiger partial charge is 0.244 e. The Morgan fingerprint density at radius 1 is 0.911 bits per heavy atom. The number of carbonyl (C=O) groups excluding carboxylic acids is 2. The van der Waals surface area contributed by atoms with Crippen molar-refractivity contribution in [2.45, 2.75) is 64.1 Å². The number of nitrogens with one attached hydrogen (secondary N) is 1. The zero-order valence-electron chi connectivity index (χ0n) is 25.5. The molecular formula is C34H40ClN3O6S. The zero-order valence-corrected chi connectivity index (χ0v) is 27.1. The van der Waals surface area contributed by atoms with Crippen molar-refractivity contribution in [3.8, 4) is 11.5 Å². The molecule has 2 aliphatic rings. The Bertz CT molecular complexity index is 1560. The molecule has 1 atom stereocenters. The first-order valence-electron chi connectivity index (χ1n) is 15.5. The highest BCUT2D eigenvalue weighted by Crippen LogP contribution is 2.35. The normalized spacial score (nSPS) is 15.6. The second-order valence-electron chi connectivity index (χ2n) is 11.4. The Labute approximate surface area is 270 Å². The standard InChI is InChI=1S/C34H40ClN3O6S/c1-2-45(41,42)38(29-17-18-31-32(22-29)44-20-19-43-31)24-33(39)37(23-26-13-15-27(35)16-14-26)30(21-25-9-5-3-6-10-25)34(40)36-28-11-7-4-8-12-28/h3,5-6,9-10,13-18,22,28,30H,2,4,7-8,11-12,19-21,23-24H2,1H3,(H,36,40)/t30-/m0/s1. The Balaban J connectivity index is 1.51. The molecule has 0 saturated heterocycles. The highest BCUT2D eigenvalue weighted by atomic mass is 35.5. The van der Waals surface area contributed by atoms with Gasteiger partial charge in [0.05, 0.1) is 11.4 Å². The van der Waals surface area contributed by atoms with Crippen LogP contribution >= 0.6 is 11.6 Å². The molecule has 11 heteroatoms. The van der Waals surface area contributed by atoms with Gasteiger partial charge in [-0.05, 0) is 55.2 Å². The van der Waals surface area contributed by atoms with Crippen LogP contribution in [-0.2, 0) is 32.6 Å². The quantitative estimate of drug-likeness (QED) is 0.282. The maximum atomic E-state index is 14.4. The fourth-order valence-electron chi connectivity index (χ4n) is 5.79. The summed E-state index contributed by atoms with van der Waals surface area (Å²) in [6, 6.07) is 20.6. The van der Waals surface area contributed by atoms with Crippen LogP contribution in [0.4, 0.5) is 5.69 Å². The molecule has 1 aliphatic heterocycles. The van der Waals surface area contributed by atoms with Gasteiger partial charge in [-0.15, -0.1) is 0 Å². The molecule has 1 aliphatic carbocycles. The highest BCUT2D eigenvalue weighted by Gasteiger charge is 2.35. The molecule has 1 heterocycles. The summed E-state index contributed by atoms with van der Waals surface area (Å²) in [6.07, 6.45) is 5.27. The van der Waals surface area contributed by atoms with Gasteiger partial charge in [-0.2, -0.15) is 0 Å². The molecule has 1 saturated carbocycles. The van der Waals surface area contributed by atoms with Crippen molar-refractivity contribution in [1.29, 1.82) is 0 Å². The molecule has 0 unspecified atom stereocenters. The monoisotopic (exact) mass is 653 g/mol. The number of hydrogen-bond acceptors (Lipinski definition) is 6. The fourth-order valence-corrected chi connectivity index (χ4v) is 6.97. The minimum atomic E-state index is -3.90. The first kappa shape index (κ1) is 32.6. The number of hydrogen-bond donors (Lipinski definition) is 1. The lowest BCUT2D eigenvalue weighted by Crippen LogP contribution is -2.55. The average Bonchev–Trinajstić information content (AvgIpc) is 3.06. The minimum Gasteiger partial charge on any atom is -0.486 e. The number of halogens is 1. The lowest BCUT2D eigenvalue weighted by atomic mass is 9.94. The summed E-state index contributed by atoms with van der Waals surface area (Å²) < 4.78 is 39.4. The lowest BCUT2D eigenvalue weighted by Gasteiger charge is -2.35. The van der Waals surface area contributed by atoms with E-state index in [2.05, 4.69) is 5.32 Å². The van der Waals surface area contributed by atoms with Gasteiger partial charge in [0.25, 0.3) is 0 Å². The molecule has 0 radical (unpaired) electrons. The molecule has 5 rings (SSSR count). The van der Waals surface area contributed by atoms with Crippen molar-refractivity contribution in [3.05, 3.63) is 88.9 Å². The van der Waals surface area contributed by atoms with Crippen LogP contribution in [0.25, 0.3) is 0 Å². The van der Waals surface area contributed by atoms with Crippen molar-refractivity contribution in [2.24, 2.45) is 0 Å². The van der Waals surface area contributed by atoms with E-state index >= 15 is 0 Å². The van der Waals surface area contributed by atoms with E-state index in [-0.39, 0.29) is 36.4 Å². The number of carbonyl (C=O) groups is 2. The first-order valence-corrected chi connectivity index (χ1v) is 17.5. The number of fused-ring (bicyclic) bond motifs is 1. The van der Waals surface area contributed by atoms with Crippen LogP contribution in [0.5, 0.6) is 11.5 Å². The van der Waals surface area contributed by atoms with Gasteiger partial charge in [0.2, 0.25) is 21.8 Å². The van der Waals surface area contributed by atoms with E-state index in [0.717, 1.165) is 47.5 Å². The van der Waals surface area contributed by atoms with Gasteiger partial charge in [-0.3, -0.25) is 13.9 Å². The molecule has 1 fully saturated rings. The molecule has 2 amide bonds. The van der Waals surface area contributed by atoms with E-state index in [1.165, 1.54) is 11.8 Å². The van der Waals surface area contributed by atoms with E-state index in [1.807, 2.05) is 42.5 Å². The van der Waals surface area contributed by atoms with Crippen LogP contribution in [0.1, 0.15) is 50.2 Å². The summed E-state index contributed by atoms with van der Waals surface area (Å²) in [5.74, 6) is -0.0540. The molecule has 9 nitrogen and oxygen atoms in total. The SMILES string of the molecule is CCS(=O)(=O)N(CC(=O)N(Cc1ccc(Cl)cc1)[C@@H](Cc1ccccc1)C(=O)NC1CCCCC1)c1ccc2c(c1)OCCO2. The van der Waals surface area contributed by atoms with Crippen LogP contribution in [0.3, 0.4) is 0 Å². The van der Waals surface area contributed by atoms with Gasteiger partial charge in [-0.1, -0.05) is 73.3 Å². The number of amides is 2. The van der Waals surface area contributed by atoms with Crippen molar-refractivity contribution < 1.29 is 27.5 Å². The van der Waals surface area contributed by atoms with Gasteiger partial charge in [-0.25, -0.2) is 8.42 Å². The molecule has 240 valence electrons. The van der Waals surface area contributed by atoms with Gasteiger partial charge >= 0.3 is 0 Å². The number of rotatable bonds is 12. The van der Waals surface area contributed by atoms with Crippen molar-refractivity contribution in [1.82, 2.24) is 10.2 Å². The summed E-state index contributed by atoms with van der Waals surface area (Å²) in [4.78, 5) is 30.0. The second-order valence-corrected chi connectivity index (χ2v) is 14.1. The van der Waals surface area contributed by atoms with Crippen LogP contribution < -0.4 is 19.1 Å². The lowest BCUT2D eigenvalue weighted by molar-refractivity contribution is -0.140. The molecular weight excluding hydrogens is 614 g/mol. The molecule has 3 aromatic carbocycles. The third-order valence-electron chi connectivity index (χ3n) is 8.28. The second kappa shape index (κ2) is 15.0. The van der Waals surface area contributed by atoms with Crippen LogP contribution in [-0.4, -0.2) is 62.7 Å². The number of anilines is 1. The van der Waals surface area contributed by atoms with Crippen molar-refractivity contribution in [3.63, 3.8) is 0 Å². The first-order chi connectivity index (χ1) is 21.7. The highest BCUT2D eigenvalue weighted by molar-refractivity contribution is 7.92. The molecule has 0 bridgehead atoms. The van der Waals surface area contributed by atoms with E-state index in [9.17, 15) is 18.0 Å². The number of sulfonamides is 1. The maximum absolute atomic E-state index is 14.4. The number of ether oxygens (including phenoxy) is 2. The molecule has 1 N–H and O–H groups in total.